The van der Waals surface area contributed by atoms with Crippen molar-refractivity contribution >= 4 is 5.69 Å². The molecule has 21 heavy (non-hydrogen) atoms. The van der Waals surface area contributed by atoms with Crippen LogP contribution in [0, 0.1) is 0 Å². The van der Waals surface area contributed by atoms with Gasteiger partial charge in [-0.15, -0.1) is 5.10 Å². The predicted octanol–water partition coefficient (Wildman–Crippen LogP) is 1.51. The predicted molar refractivity (Wildman–Crippen MR) is 79.9 cm³/mol. The highest BCUT2D eigenvalue weighted by atomic mass is 15.6. The van der Waals surface area contributed by atoms with Gasteiger partial charge in [-0.2, -0.15) is 0 Å². The number of nitrogens with one attached hydrogen (secondary N) is 1. The molecule has 1 unspecified atom stereocenters. The molecule has 6 heteroatoms. The average molecular weight is 284 g/mol. The fourth-order valence-corrected chi connectivity index (χ4v) is 2.99. The zero-order valence-corrected chi connectivity index (χ0v) is 12.2. The van der Waals surface area contributed by atoms with E-state index in [0.717, 1.165) is 25.5 Å². The van der Waals surface area contributed by atoms with E-state index in [-0.39, 0.29) is 0 Å². The number of anilines is 1. The lowest BCUT2D eigenvalue weighted by atomic mass is 10.1. The Morgan fingerprint density at radius 2 is 2.14 bits per heavy atom. The lowest BCUT2D eigenvalue weighted by Gasteiger charge is -2.25. The molecule has 0 spiro atoms. The first-order chi connectivity index (χ1) is 10.3. The van der Waals surface area contributed by atoms with Crippen molar-refractivity contribution in [2.75, 3.05) is 11.4 Å². The quantitative estimate of drug-likeness (QED) is 0.925. The van der Waals surface area contributed by atoms with Crippen LogP contribution in [-0.4, -0.2) is 32.8 Å². The minimum absolute atomic E-state index is 0.447. The summed E-state index contributed by atoms with van der Waals surface area (Å²) in [6, 6.07) is 9.56. The molecule has 4 rings (SSSR count). The monoisotopic (exact) mass is 284 g/mol. The standard InChI is InChI=1S/C15H20N6/c1-11-9-20(14-5-3-2-4-12(14)8-16-11)10-15-17-18-19-21(15)13-6-7-13/h2-5,11,13,16H,6-10H2,1H3. The summed E-state index contributed by atoms with van der Waals surface area (Å²) in [7, 11) is 0. The third-order valence-corrected chi connectivity index (χ3v) is 4.25. The van der Waals surface area contributed by atoms with Crippen LogP contribution in [0.5, 0.6) is 0 Å². The van der Waals surface area contributed by atoms with Gasteiger partial charge < -0.3 is 10.2 Å². The maximum absolute atomic E-state index is 4.24. The number of hydrogen-bond donors (Lipinski definition) is 1. The Hall–Kier alpha value is -1.95. The minimum Gasteiger partial charge on any atom is -0.362 e. The summed E-state index contributed by atoms with van der Waals surface area (Å²) in [6.45, 7) is 4.88. The maximum atomic E-state index is 4.24. The molecule has 2 aromatic rings. The summed E-state index contributed by atoms with van der Waals surface area (Å²) >= 11 is 0. The van der Waals surface area contributed by atoms with Gasteiger partial charge >= 0.3 is 0 Å². The van der Waals surface area contributed by atoms with Crippen LogP contribution in [0.15, 0.2) is 24.3 Å². The van der Waals surface area contributed by atoms with Crippen molar-refractivity contribution in [3.8, 4) is 0 Å². The zero-order valence-electron chi connectivity index (χ0n) is 12.2. The second-order valence-corrected chi connectivity index (χ2v) is 6.06. The number of benzene rings is 1. The van der Waals surface area contributed by atoms with Crippen LogP contribution in [0.25, 0.3) is 0 Å². The molecule has 1 saturated carbocycles. The van der Waals surface area contributed by atoms with Gasteiger partial charge in [0.05, 0.1) is 12.6 Å². The molecule has 0 bridgehead atoms. The van der Waals surface area contributed by atoms with Gasteiger partial charge in [-0.1, -0.05) is 18.2 Å². The Morgan fingerprint density at radius 1 is 1.29 bits per heavy atom. The third kappa shape index (κ3) is 2.51. The Labute approximate surface area is 124 Å². The fraction of sp³-hybridized carbons (Fsp3) is 0.533. The number of nitrogens with zero attached hydrogens (tertiary/aromatic N) is 5. The number of aromatic nitrogens is 4. The SMILES string of the molecule is CC1CN(Cc2nnnn2C2CC2)c2ccccc2CN1. The van der Waals surface area contributed by atoms with E-state index in [1.54, 1.807) is 0 Å². The first-order valence-corrected chi connectivity index (χ1v) is 7.64. The second kappa shape index (κ2) is 5.11. The Bertz CT molecular complexity index is 633. The zero-order chi connectivity index (χ0) is 14.2. The van der Waals surface area contributed by atoms with Gasteiger partial charge in [0, 0.05) is 24.8 Å². The largest absolute Gasteiger partial charge is 0.362 e. The Balaban J connectivity index is 1.64. The fourth-order valence-electron chi connectivity index (χ4n) is 2.99. The minimum atomic E-state index is 0.447. The van der Waals surface area contributed by atoms with Crippen molar-refractivity contribution in [1.29, 1.82) is 0 Å². The summed E-state index contributed by atoms with van der Waals surface area (Å²) in [5.41, 5.74) is 2.63. The maximum Gasteiger partial charge on any atom is 0.170 e. The van der Waals surface area contributed by atoms with Gasteiger partial charge in [0.25, 0.3) is 0 Å². The van der Waals surface area contributed by atoms with Crippen LogP contribution in [0.3, 0.4) is 0 Å². The van der Waals surface area contributed by atoms with Crippen LogP contribution < -0.4 is 10.2 Å². The molecule has 110 valence electrons. The lowest BCUT2D eigenvalue weighted by molar-refractivity contribution is 0.535. The number of rotatable bonds is 3. The number of fused-ring (bicyclic) bond motifs is 1. The van der Waals surface area contributed by atoms with Gasteiger partial charge in [-0.25, -0.2) is 4.68 Å². The van der Waals surface area contributed by atoms with Crippen LogP contribution in [0.4, 0.5) is 5.69 Å². The molecule has 0 saturated heterocycles. The molecule has 1 aromatic heterocycles. The van der Waals surface area contributed by atoms with Crippen molar-refractivity contribution in [2.45, 2.75) is 44.9 Å². The van der Waals surface area contributed by atoms with Crippen molar-refractivity contribution in [3.05, 3.63) is 35.7 Å². The van der Waals surface area contributed by atoms with Gasteiger partial charge in [-0.3, -0.25) is 0 Å². The van der Waals surface area contributed by atoms with Gasteiger partial charge in [0.2, 0.25) is 0 Å². The number of hydrogen-bond acceptors (Lipinski definition) is 5. The molecule has 2 aliphatic rings. The Morgan fingerprint density at radius 3 is 3.00 bits per heavy atom. The van der Waals surface area contributed by atoms with Crippen molar-refractivity contribution < 1.29 is 0 Å². The molecular formula is C15H20N6. The molecule has 1 aliphatic heterocycles. The molecule has 1 N–H and O–H groups in total. The van der Waals surface area contributed by atoms with Crippen LogP contribution >= 0.6 is 0 Å². The molecule has 1 fully saturated rings. The van der Waals surface area contributed by atoms with Gasteiger partial charge in [0.1, 0.15) is 0 Å². The van der Waals surface area contributed by atoms with Crippen molar-refractivity contribution in [3.63, 3.8) is 0 Å². The van der Waals surface area contributed by atoms with Crippen molar-refractivity contribution in [2.24, 2.45) is 0 Å². The van der Waals surface area contributed by atoms with Crippen LogP contribution in [0.2, 0.25) is 0 Å². The molecule has 6 nitrogen and oxygen atoms in total. The van der Waals surface area contributed by atoms with Gasteiger partial charge in [-0.05, 0) is 41.8 Å². The number of tetrazole rings is 1. The van der Waals surface area contributed by atoms with E-state index in [9.17, 15) is 0 Å². The molecule has 1 aliphatic carbocycles. The van der Waals surface area contributed by atoms with E-state index >= 15 is 0 Å². The van der Waals surface area contributed by atoms with E-state index in [1.807, 2.05) is 4.68 Å². The number of para-hydroxylation sites is 1. The van der Waals surface area contributed by atoms with E-state index in [4.69, 9.17) is 0 Å². The summed E-state index contributed by atoms with van der Waals surface area (Å²) in [5.74, 6) is 0.974. The topological polar surface area (TPSA) is 58.9 Å². The normalized spacial score (nSPS) is 22.0. The van der Waals surface area contributed by atoms with Gasteiger partial charge in [0.15, 0.2) is 5.82 Å². The molecule has 0 amide bonds. The van der Waals surface area contributed by atoms with E-state index in [1.165, 1.54) is 24.1 Å². The highest BCUT2D eigenvalue weighted by molar-refractivity contribution is 5.54. The van der Waals surface area contributed by atoms with E-state index in [0.29, 0.717) is 12.1 Å². The summed E-state index contributed by atoms with van der Waals surface area (Å²) in [5, 5.41) is 15.8. The summed E-state index contributed by atoms with van der Waals surface area (Å²) in [4.78, 5) is 2.39. The third-order valence-electron chi connectivity index (χ3n) is 4.25. The molecule has 1 atom stereocenters. The summed E-state index contributed by atoms with van der Waals surface area (Å²) < 4.78 is 2.01. The van der Waals surface area contributed by atoms with Crippen LogP contribution in [0.1, 0.15) is 37.2 Å². The highest BCUT2D eigenvalue weighted by Crippen LogP contribution is 2.35. The molecular weight excluding hydrogens is 264 g/mol. The summed E-state index contributed by atoms with van der Waals surface area (Å²) in [6.07, 6.45) is 2.40. The molecule has 1 aromatic carbocycles. The molecule has 0 radical (unpaired) electrons. The smallest absolute Gasteiger partial charge is 0.170 e. The van der Waals surface area contributed by atoms with E-state index in [2.05, 4.69) is 56.9 Å². The first-order valence-electron chi connectivity index (χ1n) is 7.64. The highest BCUT2D eigenvalue weighted by Gasteiger charge is 2.29. The van der Waals surface area contributed by atoms with Crippen LogP contribution in [-0.2, 0) is 13.1 Å². The molecule has 2 heterocycles. The first kappa shape index (κ1) is 12.8. The average Bonchev–Trinajstić information content (AvgIpc) is 3.26. The Kier molecular flexibility index (Phi) is 3.11. The van der Waals surface area contributed by atoms with E-state index < -0.39 is 0 Å². The van der Waals surface area contributed by atoms with Crippen molar-refractivity contribution in [1.82, 2.24) is 25.5 Å². The second-order valence-electron chi connectivity index (χ2n) is 6.06. The lowest BCUT2D eigenvalue weighted by Crippen LogP contribution is -2.36.